The van der Waals surface area contributed by atoms with Crippen LogP contribution in [0, 0.1) is 11.7 Å². The number of nitrogens with one attached hydrogen (secondary N) is 1. The molecule has 3 aromatic rings. The number of halogens is 2. The molecule has 156 valence electrons. The van der Waals surface area contributed by atoms with Crippen molar-refractivity contribution in [1.29, 1.82) is 0 Å². The van der Waals surface area contributed by atoms with Gasteiger partial charge >= 0.3 is 0 Å². The first-order chi connectivity index (χ1) is 13.3. The lowest BCUT2D eigenvalue weighted by Gasteiger charge is -2.27. The molecule has 5 rings (SSSR count). The Bertz CT molecular complexity index is 1220. The highest BCUT2D eigenvalue weighted by molar-refractivity contribution is 7.12. The van der Waals surface area contributed by atoms with E-state index in [-0.39, 0.29) is 40.7 Å². The lowest BCUT2D eigenvalue weighted by Crippen LogP contribution is -2.42. The van der Waals surface area contributed by atoms with Crippen LogP contribution >= 0.6 is 23.9 Å². The summed E-state index contributed by atoms with van der Waals surface area (Å²) in [5, 5.41) is 0.419. The lowest BCUT2D eigenvalue weighted by atomic mass is 9.88. The van der Waals surface area contributed by atoms with Gasteiger partial charge in [-0.1, -0.05) is 0 Å². The van der Waals surface area contributed by atoms with Gasteiger partial charge in [0.1, 0.15) is 16.0 Å². The monoisotopic (exact) mass is 438 g/mol. The number of H-pyrrole nitrogens is 1. The molecular weight excluding hydrogens is 415 g/mol. The number of nitrogens with zero attached hydrogens (tertiary/aromatic N) is 2. The Morgan fingerprint density at radius 3 is 2.59 bits per heavy atom. The van der Waals surface area contributed by atoms with E-state index < -0.39 is 16.8 Å². The number of hydrogen-bond donors (Lipinski definition) is 2. The summed E-state index contributed by atoms with van der Waals surface area (Å²) in [6, 6.07) is 3.35. The van der Waals surface area contributed by atoms with E-state index in [4.69, 9.17) is 5.73 Å². The molecule has 29 heavy (non-hydrogen) atoms. The zero-order chi connectivity index (χ0) is 19.8. The Kier molecular flexibility index (Phi) is 4.79. The van der Waals surface area contributed by atoms with E-state index in [1.165, 1.54) is 17.6 Å². The molecule has 1 unspecified atom stereocenters. The smallest absolute Gasteiger partial charge is 0.271 e. The van der Waals surface area contributed by atoms with E-state index in [0.29, 0.717) is 22.6 Å². The van der Waals surface area contributed by atoms with Crippen LogP contribution in [0.15, 0.2) is 21.7 Å². The second kappa shape index (κ2) is 6.82. The Morgan fingerprint density at radius 1 is 1.24 bits per heavy atom. The van der Waals surface area contributed by atoms with Crippen molar-refractivity contribution in [2.75, 3.05) is 18.0 Å². The maximum absolute atomic E-state index is 15.0. The summed E-state index contributed by atoms with van der Waals surface area (Å²) in [5.41, 5.74) is 6.39. The molecule has 0 radical (unpaired) electrons. The number of hydrogen-bond acceptors (Lipinski definition) is 5. The fourth-order valence-electron chi connectivity index (χ4n) is 4.36. The van der Waals surface area contributed by atoms with Crippen molar-refractivity contribution in [3.05, 3.63) is 38.5 Å². The van der Waals surface area contributed by atoms with Crippen molar-refractivity contribution < 1.29 is 4.39 Å². The maximum atomic E-state index is 15.0. The largest absolute Gasteiger partial charge is 0.369 e. The molecule has 0 spiro atoms. The van der Waals surface area contributed by atoms with Crippen molar-refractivity contribution in [3.8, 4) is 0 Å². The quantitative estimate of drug-likeness (QED) is 0.656. The second-order valence-electron chi connectivity index (χ2n) is 8.72. The molecule has 1 saturated heterocycles. The first-order valence-corrected chi connectivity index (χ1v) is 10.5. The van der Waals surface area contributed by atoms with Gasteiger partial charge in [0.15, 0.2) is 0 Å². The minimum atomic E-state index is -0.423. The van der Waals surface area contributed by atoms with Crippen LogP contribution in [-0.2, 0) is 0 Å². The Labute approximate surface area is 177 Å². The van der Waals surface area contributed by atoms with Gasteiger partial charge in [0, 0.05) is 30.1 Å². The average molecular weight is 439 g/mol. The highest BCUT2D eigenvalue weighted by atomic mass is 35.5. The van der Waals surface area contributed by atoms with Gasteiger partial charge < -0.3 is 15.2 Å². The minimum absolute atomic E-state index is 0. The molecule has 1 aliphatic carbocycles. The Balaban J connectivity index is 0.00000205. The lowest BCUT2D eigenvalue weighted by molar-refractivity contribution is 0.348. The van der Waals surface area contributed by atoms with E-state index in [0.717, 1.165) is 25.8 Å². The highest BCUT2D eigenvalue weighted by Crippen LogP contribution is 2.41. The van der Waals surface area contributed by atoms with E-state index in [2.05, 4.69) is 8.94 Å². The van der Waals surface area contributed by atoms with Gasteiger partial charge in [0.2, 0.25) is 5.43 Å². The second-order valence-corrected chi connectivity index (χ2v) is 9.51. The summed E-state index contributed by atoms with van der Waals surface area (Å²) in [6.45, 7) is 5.45. The van der Waals surface area contributed by atoms with Crippen molar-refractivity contribution in [3.63, 3.8) is 0 Å². The van der Waals surface area contributed by atoms with Gasteiger partial charge in [-0.15, -0.1) is 12.4 Å². The summed E-state index contributed by atoms with van der Waals surface area (Å²) in [6.07, 6.45) is 2.91. The predicted molar refractivity (Wildman–Crippen MR) is 118 cm³/mol. The van der Waals surface area contributed by atoms with Crippen LogP contribution in [0.5, 0.6) is 0 Å². The highest BCUT2D eigenvalue weighted by Gasteiger charge is 2.34. The molecular formula is C20H24ClFN4O2S. The van der Waals surface area contributed by atoms with Gasteiger partial charge in [-0.2, -0.15) is 0 Å². The SMILES string of the molecule is CC(C)(N)C1CCN(c2cc3c(cc2F)c(=O)c2c(=O)[nH]sc2n3C2CC2)C1.Cl. The average Bonchev–Trinajstić information content (AvgIpc) is 3.19. The number of aromatic amines is 1. The van der Waals surface area contributed by atoms with Gasteiger partial charge in [-0.3, -0.25) is 14.0 Å². The molecule has 1 saturated carbocycles. The van der Waals surface area contributed by atoms with Crippen molar-refractivity contribution in [1.82, 2.24) is 8.94 Å². The molecule has 2 aromatic heterocycles. The predicted octanol–water partition coefficient (Wildman–Crippen LogP) is 3.36. The summed E-state index contributed by atoms with van der Waals surface area (Å²) in [4.78, 5) is 27.8. The number of rotatable bonds is 3. The molecule has 0 bridgehead atoms. The van der Waals surface area contributed by atoms with Crippen molar-refractivity contribution >= 4 is 50.7 Å². The summed E-state index contributed by atoms with van der Waals surface area (Å²) in [7, 11) is 0. The van der Waals surface area contributed by atoms with E-state index in [1.54, 1.807) is 6.07 Å². The molecule has 1 atom stereocenters. The third-order valence-electron chi connectivity index (χ3n) is 6.19. The third kappa shape index (κ3) is 3.17. The molecule has 3 heterocycles. The van der Waals surface area contributed by atoms with Crippen molar-refractivity contribution in [2.24, 2.45) is 11.7 Å². The minimum Gasteiger partial charge on any atom is -0.369 e. The molecule has 2 aliphatic rings. The maximum Gasteiger partial charge on any atom is 0.271 e. The molecule has 9 heteroatoms. The topological polar surface area (TPSA) is 84.1 Å². The van der Waals surface area contributed by atoms with Crippen molar-refractivity contribution in [2.45, 2.75) is 44.7 Å². The van der Waals surface area contributed by atoms with Crippen LogP contribution < -0.4 is 21.6 Å². The zero-order valence-corrected chi connectivity index (χ0v) is 18.0. The molecule has 1 aliphatic heterocycles. The molecule has 6 nitrogen and oxygen atoms in total. The zero-order valence-electron chi connectivity index (χ0n) is 16.3. The Hall–Kier alpha value is -1.90. The number of pyridine rings is 1. The van der Waals surface area contributed by atoms with E-state index in [9.17, 15) is 9.59 Å². The van der Waals surface area contributed by atoms with Crippen LogP contribution in [0.2, 0.25) is 0 Å². The third-order valence-corrected chi connectivity index (χ3v) is 7.07. The van der Waals surface area contributed by atoms with E-state index >= 15 is 4.39 Å². The Morgan fingerprint density at radius 2 is 1.97 bits per heavy atom. The van der Waals surface area contributed by atoms with Gasteiger partial charge in [-0.25, -0.2) is 4.39 Å². The summed E-state index contributed by atoms with van der Waals surface area (Å²) < 4.78 is 19.8. The van der Waals surface area contributed by atoms with Gasteiger partial charge in [0.05, 0.1) is 11.2 Å². The summed E-state index contributed by atoms with van der Waals surface area (Å²) >= 11 is 1.19. The standard InChI is InChI=1S/C20H23FN4O2S.ClH/c1-20(2,22)10-5-6-24(9-10)15-8-14-12(7-13(15)21)17(26)16-18(27)23-28-19(16)25(14)11-3-4-11;/h7-8,10-11H,3-6,9,22H2,1-2H3,(H,23,27);1H. The summed E-state index contributed by atoms with van der Waals surface area (Å²) in [5.74, 6) is -0.140. The number of anilines is 1. The van der Waals surface area contributed by atoms with Gasteiger partial charge in [0.25, 0.3) is 5.56 Å². The number of fused-ring (bicyclic) bond motifs is 2. The molecule has 2 fully saturated rings. The first kappa shape index (κ1) is 20.4. The molecule has 0 amide bonds. The molecule has 1 aromatic carbocycles. The van der Waals surface area contributed by atoms with Crippen LogP contribution in [0.25, 0.3) is 21.1 Å². The van der Waals surface area contributed by atoms with Crippen LogP contribution in [0.1, 0.15) is 39.2 Å². The van der Waals surface area contributed by atoms with E-state index in [1.807, 2.05) is 18.7 Å². The normalized spacial score (nSPS) is 19.9. The molecule has 3 N–H and O–H groups in total. The fourth-order valence-corrected chi connectivity index (χ4v) is 5.29. The van der Waals surface area contributed by atoms with Crippen LogP contribution in [0.3, 0.4) is 0 Å². The first-order valence-electron chi connectivity index (χ1n) is 9.68. The fraction of sp³-hybridized carbons (Fsp3) is 0.500. The van der Waals surface area contributed by atoms with Crippen LogP contribution in [-0.4, -0.2) is 27.6 Å². The number of aromatic nitrogens is 2. The number of benzene rings is 1. The number of nitrogens with two attached hydrogens (primary N) is 1. The van der Waals surface area contributed by atoms with Crippen LogP contribution in [0.4, 0.5) is 10.1 Å². The van der Waals surface area contributed by atoms with Gasteiger partial charge in [-0.05, 0) is 62.7 Å².